The maximum atomic E-state index is 11.4. The number of aliphatic carboxylic acids is 1. The molecule has 0 spiro atoms. The Labute approximate surface area is 94.1 Å². The first-order valence-electron chi connectivity index (χ1n) is 5.49. The van der Waals surface area contributed by atoms with Crippen LogP contribution in [-0.4, -0.2) is 33.1 Å². The van der Waals surface area contributed by atoms with E-state index in [0.29, 0.717) is 25.3 Å². The van der Waals surface area contributed by atoms with E-state index in [1.165, 1.54) is 0 Å². The lowest BCUT2D eigenvalue weighted by Gasteiger charge is -2.33. The van der Waals surface area contributed by atoms with Crippen molar-refractivity contribution in [1.29, 1.82) is 0 Å². The molecule has 0 aromatic carbocycles. The zero-order valence-corrected chi connectivity index (χ0v) is 9.26. The normalized spacial score (nSPS) is 24.7. The fraction of sp³-hybridized carbons (Fsp3) is 0.545. The molecule has 1 fully saturated rings. The largest absolute Gasteiger partial charge is 0.479 e. The second-order valence-corrected chi connectivity index (χ2v) is 3.99. The van der Waals surface area contributed by atoms with E-state index in [4.69, 9.17) is 0 Å². The van der Waals surface area contributed by atoms with Gasteiger partial charge >= 0.3 is 5.97 Å². The Morgan fingerprint density at radius 3 is 2.81 bits per heavy atom. The van der Waals surface area contributed by atoms with Crippen molar-refractivity contribution in [2.45, 2.75) is 31.7 Å². The third-order valence-electron chi connectivity index (χ3n) is 3.27. The number of hydrogen-bond donors (Lipinski definition) is 1. The molecule has 1 aliphatic rings. The van der Waals surface area contributed by atoms with E-state index in [1.54, 1.807) is 18.5 Å². The van der Waals surface area contributed by atoms with Gasteiger partial charge in [-0.25, -0.2) is 14.8 Å². The molecule has 5 heteroatoms. The maximum absolute atomic E-state index is 11.4. The summed E-state index contributed by atoms with van der Waals surface area (Å²) in [5.41, 5.74) is -0.818. The van der Waals surface area contributed by atoms with Crippen LogP contribution in [0.2, 0.25) is 0 Å². The summed E-state index contributed by atoms with van der Waals surface area (Å²) in [5.74, 6) is -0.260. The van der Waals surface area contributed by atoms with E-state index in [9.17, 15) is 9.90 Å². The fourth-order valence-electron chi connectivity index (χ4n) is 2.34. The van der Waals surface area contributed by atoms with Gasteiger partial charge in [0.2, 0.25) is 5.95 Å². The summed E-state index contributed by atoms with van der Waals surface area (Å²) in [4.78, 5) is 21.5. The molecular weight excluding hydrogens is 206 g/mol. The highest BCUT2D eigenvalue weighted by Gasteiger charge is 2.47. The topological polar surface area (TPSA) is 66.3 Å². The second-order valence-electron chi connectivity index (χ2n) is 3.99. The van der Waals surface area contributed by atoms with E-state index in [1.807, 2.05) is 11.8 Å². The summed E-state index contributed by atoms with van der Waals surface area (Å²) in [6.07, 6.45) is 5.39. The average Bonchev–Trinajstić information content (AvgIpc) is 2.75. The third kappa shape index (κ3) is 1.52. The van der Waals surface area contributed by atoms with E-state index in [0.717, 1.165) is 6.42 Å². The van der Waals surface area contributed by atoms with E-state index < -0.39 is 11.5 Å². The van der Waals surface area contributed by atoms with Gasteiger partial charge in [0.1, 0.15) is 5.54 Å². The van der Waals surface area contributed by atoms with E-state index in [-0.39, 0.29) is 0 Å². The van der Waals surface area contributed by atoms with Crippen molar-refractivity contribution in [3.8, 4) is 0 Å². The SMILES string of the molecule is CCC1(C(=O)O)CCCN1c1ncccn1. The molecule has 1 saturated heterocycles. The van der Waals surface area contributed by atoms with Crippen LogP contribution < -0.4 is 4.90 Å². The molecule has 0 radical (unpaired) electrons. The number of aromatic nitrogens is 2. The van der Waals surface area contributed by atoms with Crippen LogP contribution in [0.15, 0.2) is 18.5 Å². The van der Waals surface area contributed by atoms with Gasteiger partial charge in [-0.05, 0) is 25.3 Å². The summed E-state index contributed by atoms with van der Waals surface area (Å²) in [6, 6.07) is 1.73. The number of carboxylic acids is 1. The van der Waals surface area contributed by atoms with E-state index >= 15 is 0 Å². The van der Waals surface area contributed by atoms with E-state index in [2.05, 4.69) is 9.97 Å². The molecule has 1 unspecified atom stereocenters. The molecule has 1 N–H and O–H groups in total. The zero-order valence-electron chi connectivity index (χ0n) is 9.26. The van der Waals surface area contributed by atoms with Crippen LogP contribution in [0.1, 0.15) is 26.2 Å². The van der Waals surface area contributed by atoms with Crippen molar-refractivity contribution in [2.75, 3.05) is 11.4 Å². The smallest absolute Gasteiger partial charge is 0.329 e. The highest BCUT2D eigenvalue weighted by Crippen LogP contribution is 2.34. The monoisotopic (exact) mass is 221 g/mol. The van der Waals surface area contributed by atoms with Gasteiger partial charge in [0, 0.05) is 18.9 Å². The predicted octanol–water partition coefficient (Wildman–Crippen LogP) is 1.31. The highest BCUT2D eigenvalue weighted by atomic mass is 16.4. The van der Waals surface area contributed by atoms with Gasteiger partial charge in [-0.3, -0.25) is 0 Å². The van der Waals surface area contributed by atoms with Gasteiger partial charge in [-0.15, -0.1) is 0 Å². The molecule has 2 rings (SSSR count). The fourth-order valence-corrected chi connectivity index (χ4v) is 2.34. The first-order valence-corrected chi connectivity index (χ1v) is 5.49. The molecule has 0 amide bonds. The molecule has 1 aliphatic heterocycles. The maximum Gasteiger partial charge on any atom is 0.329 e. The predicted molar refractivity (Wildman–Crippen MR) is 59.3 cm³/mol. The lowest BCUT2D eigenvalue weighted by Crippen LogP contribution is -2.51. The van der Waals surface area contributed by atoms with Gasteiger partial charge in [0.05, 0.1) is 0 Å². The van der Waals surface area contributed by atoms with Crippen molar-refractivity contribution >= 4 is 11.9 Å². The van der Waals surface area contributed by atoms with Crippen LogP contribution in [0.5, 0.6) is 0 Å². The van der Waals surface area contributed by atoms with Crippen LogP contribution in [0.3, 0.4) is 0 Å². The number of hydrogen-bond acceptors (Lipinski definition) is 4. The highest BCUT2D eigenvalue weighted by molar-refractivity contribution is 5.83. The summed E-state index contributed by atoms with van der Waals surface area (Å²) in [5, 5.41) is 9.40. The number of rotatable bonds is 3. The van der Waals surface area contributed by atoms with Crippen LogP contribution in [0.4, 0.5) is 5.95 Å². The summed E-state index contributed by atoms with van der Waals surface area (Å²) < 4.78 is 0. The minimum absolute atomic E-state index is 0.518. The van der Waals surface area contributed by atoms with Crippen molar-refractivity contribution in [2.24, 2.45) is 0 Å². The van der Waals surface area contributed by atoms with Gasteiger partial charge in [0.15, 0.2) is 0 Å². The molecule has 2 heterocycles. The van der Waals surface area contributed by atoms with Gasteiger partial charge in [0.25, 0.3) is 0 Å². The van der Waals surface area contributed by atoms with Crippen LogP contribution in [0, 0.1) is 0 Å². The Kier molecular flexibility index (Phi) is 2.77. The summed E-state index contributed by atoms with van der Waals surface area (Å²) >= 11 is 0. The van der Waals surface area contributed by atoms with Crippen LogP contribution in [-0.2, 0) is 4.79 Å². The quantitative estimate of drug-likeness (QED) is 0.833. The first-order chi connectivity index (χ1) is 7.70. The molecule has 5 nitrogen and oxygen atoms in total. The Bertz CT molecular complexity index is 382. The first kappa shape index (κ1) is 10.9. The molecule has 16 heavy (non-hydrogen) atoms. The standard InChI is InChI=1S/C11H15N3O2/c1-2-11(9(15)16)5-3-8-14(11)10-12-6-4-7-13-10/h4,6-7H,2-3,5,8H2,1H3,(H,15,16). The molecule has 1 aromatic rings. The minimum atomic E-state index is -0.818. The summed E-state index contributed by atoms with van der Waals surface area (Å²) in [6.45, 7) is 2.61. The third-order valence-corrected chi connectivity index (χ3v) is 3.27. The number of carboxylic acid groups (broad SMARTS) is 1. The number of carbonyl (C=O) groups is 1. The van der Waals surface area contributed by atoms with Crippen molar-refractivity contribution in [3.05, 3.63) is 18.5 Å². The molecule has 1 aromatic heterocycles. The van der Waals surface area contributed by atoms with Crippen LogP contribution in [0.25, 0.3) is 0 Å². The minimum Gasteiger partial charge on any atom is -0.479 e. The molecule has 0 bridgehead atoms. The number of anilines is 1. The molecule has 0 saturated carbocycles. The van der Waals surface area contributed by atoms with Crippen molar-refractivity contribution in [1.82, 2.24) is 9.97 Å². The van der Waals surface area contributed by atoms with Gasteiger partial charge < -0.3 is 10.0 Å². The average molecular weight is 221 g/mol. The van der Waals surface area contributed by atoms with Crippen molar-refractivity contribution in [3.63, 3.8) is 0 Å². The Balaban J connectivity index is 2.37. The Hall–Kier alpha value is -1.65. The Morgan fingerprint density at radius 1 is 1.56 bits per heavy atom. The molecule has 86 valence electrons. The molecule has 1 atom stereocenters. The molecular formula is C11H15N3O2. The summed E-state index contributed by atoms with van der Waals surface area (Å²) in [7, 11) is 0. The Morgan fingerprint density at radius 2 is 2.25 bits per heavy atom. The van der Waals surface area contributed by atoms with Crippen LogP contribution >= 0.6 is 0 Å². The number of nitrogens with zero attached hydrogens (tertiary/aromatic N) is 3. The zero-order chi connectivity index (χ0) is 11.6. The molecule has 0 aliphatic carbocycles. The second kappa shape index (κ2) is 4.08. The lowest BCUT2D eigenvalue weighted by molar-refractivity contribution is -0.143. The van der Waals surface area contributed by atoms with Crippen molar-refractivity contribution < 1.29 is 9.90 Å². The lowest BCUT2D eigenvalue weighted by atomic mass is 9.93. The van der Waals surface area contributed by atoms with Gasteiger partial charge in [-0.1, -0.05) is 6.92 Å². The van der Waals surface area contributed by atoms with Gasteiger partial charge in [-0.2, -0.15) is 0 Å².